The van der Waals surface area contributed by atoms with Crippen LogP contribution in [-0.4, -0.2) is 23.1 Å². The van der Waals surface area contributed by atoms with Crippen LogP contribution in [0, 0.1) is 5.92 Å². The summed E-state index contributed by atoms with van der Waals surface area (Å²) in [6, 6.07) is 5.11. The second-order valence-electron chi connectivity index (χ2n) is 7.73. The van der Waals surface area contributed by atoms with Gasteiger partial charge in [0.25, 0.3) is 0 Å². The number of hydrogen-bond donors (Lipinski definition) is 1. The summed E-state index contributed by atoms with van der Waals surface area (Å²) in [5.74, 6) is 1.91. The van der Waals surface area contributed by atoms with Gasteiger partial charge in [0.1, 0.15) is 5.82 Å². The van der Waals surface area contributed by atoms with Gasteiger partial charge < -0.3 is 10.2 Å². The molecule has 1 aliphatic rings. The SMILES string of the molecule is CC(C)CCN(c1cc(CNC(C)(C)C)ccn1)C1CC1. The van der Waals surface area contributed by atoms with Crippen molar-refractivity contribution in [3.63, 3.8) is 0 Å². The van der Waals surface area contributed by atoms with E-state index >= 15 is 0 Å². The highest BCUT2D eigenvalue weighted by molar-refractivity contribution is 5.43. The van der Waals surface area contributed by atoms with Gasteiger partial charge in [-0.1, -0.05) is 13.8 Å². The molecule has 1 aromatic heterocycles. The molecule has 2 rings (SSSR count). The molecule has 118 valence electrons. The zero-order valence-electron chi connectivity index (χ0n) is 14.3. The van der Waals surface area contributed by atoms with E-state index in [1.54, 1.807) is 0 Å². The molecule has 0 bridgehead atoms. The minimum atomic E-state index is 0.150. The molecule has 0 atom stereocenters. The van der Waals surface area contributed by atoms with Crippen LogP contribution in [0.3, 0.4) is 0 Å². The van der Waals surface area contributed by atoms with E-state index < -0.39 is 0 Å². The largest absolute Gasteiger partial charge is 0.354 e. The molecule has 0 spiro atoms. The van der Waals surface area contributed by atoms with Crippen LogP contribution in [0.1, 0.15) is 59.4 Å². The Bertz CT molecular complexity index is 444. The minimum Gasteiger partial charge on any atom is -0.354 e. The van der Waals surface area contributed by atoms with E-state index in [9.17, 15) is 0 Å². The third-order valence-corrected chi connectivity index (χ3v) is 3.86. The van der Waals surface area contributed by atoms with Crippen molar-refractivity contribution in [2.45, 2.75) is 72.0 Å². The molecular formula is C18H31N3. The van der Waals surface area contributed by atoms with Gasteiger partial charge in [0.15, 0.2) is 0 Å². The van der Waals surface area contributed by atoms with Crippen molar-refractivity contribution < 1.29 is 0 Å². The van der Waals surface area contributed by atoms with Crippen molar-refractivity contribution in [2.75, 3.05) is 11.4 Å². The highest BCUT2D eigenvalue weighted by atomic mass is 15.2. The molecule has 0 radical (unpaired) electrons. The second-order valence-corrected chi connectivity index (χ2v) is 7.73. The number of hydrogen-bond acceptors (Lipinski definition) is 3. The zero-order valence-corrected chi connectivity index (χ0v) is 14.3. The van der Waals surface area contributed by atoms with Crippen molar-refractivity contribution in [1.82, 2.24) is 10.3 Å². The van der Waals surface area contributed by atoms with E-state index in [1.807, 2.05) is 6.20 Å². The Labute approximate surface area is 130 Å². The summed E-state index contributed by atoms with van der Waals surface area (Å²) in [7, 11) is 0. The maximum Gasteiger partial charge on any atom is 0.129 e. The quantitative estimate of drug-likeness (QED) is 0.823. The Morgan fingerprint density at radius 3 is 2.62 bits per heavy atom. The third-order valence-electron chi connectivity index (χ3n) is 3.86. The van der Waals surface area contributed by atoms with Crippen molar-refractivity contribution in [2.24, 2.45) is 5.92 Å². The molecular weight excluding hydrogens is 258 g/mol. The van der Waals surface area contributed by atoms with Crippen LogP contribution in [0.5, 0.6) is 0 Å². The fourth-order valence-electron chi connectivity index (χ4n) is 2.36. The topological polar surface area (TPSA) is 28.2 Å². The van der Waals surface area contributed by atoms with Gasteiger partial charge in [0.05, 0.1) is 0 Å². The first-order valence-electron chi connectivity index (χ1n) is 8.32. The number of pyridine rings is 1. The monoisotopic (exact) mass is 289 g/mol. The molecule has 0 amide bonds. The molecule has 1 fully saturated rings. The maximum absolute atomic E-state index is 4.62. The third kappa shape index (κ3) is 5.66. The number of rotatable bonds is 7. The van der Waals surface area contributed by atoms with Gasteiger partial charge in [-0.3, -0.25) is 0 Å². The van der Waals surface area contributed by atoms with Gasteiger partial charge in [-0.15, -0.1) is 0 Å². The number of nitrogens with zero attached hydrogens (tertiary/aromatic N) is 2. The van der Waals surface area contributed by atoms with Crippen molar-refractivity contribution in [1.29, 1.82) is 0 Å². The van der Waals surface area contributed by atoms with Crippen molar-refractivity contribution >= 4 is 5.82 Å². The molecule has 0 aromatic carbocycles. The number of nitrogens with one attached hydrogen (secondary N) is 1. The summed E-state index contributed by atoms with van der Waals surface area (Å²) in [4.78, 5) is 7.14. The normalized spacial score (nSPS) is 15.5. The summed E-state index contributed by atoms with van der Waals surface area (Å²) in [6.45, 7) is 13.2. The van der Waals surface area contributed by atoms with Crippen LogP contribution in [-0.2, 0) is 6.54 Å². The summed E-state index contributed by atoms with van der Waals surface area (Å²) in [5, 5.41) is 3.55. The molecule has 3 nitrogen and oxygen atoms in total. The lowest BCUT2D eigenvalue weighted by Crippen LogP contribution is -2.35. The smallest absolute Gasteiger partial charge is 0.129 e. The highest BCUT2D eigenvalue weighted by Gasteiger charge is 2.29. The van der Waals surface area contributed by atoms with Crippen LogP contribution in [0.25, 0.3) is 0 Å². The fourth-order valence-corrected chi connectivity index (χ4v) is 2.36. The predicted molar refractivity (Wildman–Crippen MR) is 90.7 cm³/mol. The lowest BCUT2D eigenvalue weighted by atomic mass is 10.1. The summed E-state index contributed by atoms with van der Waals surface area (Å²) in [5.41, 5.74) is 1.47. The summed E-state index contributed by atoms with van der Waals surface area (Å²) >= 11 is 0. The van der Waals surface area contributed by atoms with Crippen LogP contribution in [0.15, 0.2) is 18.3 Å². The maximum atomic E-state index is 4.62. The lowest BCUT2D eigenvalue weighted by Gasteiger charge is -2.25. The van der Waals surface area contributed by atoms with E-state index in [2.05, 4.69) is 62.0 Å². The molecule has 1 N–H and O–H groups in total. The highest BCUT2D eigenvalue weighted by Crippen LogP contribution is 2.31. The van der Waals surface area contributed by atoms with Gasteiger partial charge in [-0.25, -0.2) is 4.98 Å². The van der Waals surface area contributed by atoms with E-state index in [4.69, 9.17) is 0 Å². The molecule has 1 heterocycles. The van der Waals surface area contributed by atoms with Gasteiger partial charge in [0.2, 0.25) is 0 Å². The number of anilines is 1. The Hall–Kier alpha value is -1.09. The van der Waals surface area contributed by atoms with E-state index in [1.165, 1.54) is 24.8 Å². The first-order valence-corrected chi connectivity index (χ1v) is 8.32. The van der Waals surface area contributed by atoms with E-state index in [-0.39, 0.29) is 5.54 Å². The Morgan fingerprint density at radius 1 is 1.33 bits per heavy atom. The number of aromatic nitrogens is 1. The molecule has 0 saturated heterocycles. The minimum absolute atomic E-state index is 0.150. The molecule has 1 saturated carbocycles. The molecule has 21 heavy (non-hydrogen) atoms. The Balaban J connectivity index is 2.03. The fraction of sp³-hybridized carbons (Fsp3) is 0.722. The van der Waals surface area contributed by atoms with Crippen LogP contribution >= 0.6 is 0 Å². The van der Waals surface area contributed by atoms with Crippen molar-refractivity contribution in [3.05, 3.63) is 23.9 Å². The van der Waals surface area contributed by atoms with Gasteiger partial charge in [0, 0.05) is 30.9 Å². The van der Waals surface area contributed by atoms with Gasteiger partial charge in [-0.2, -0.15) is 0 Å². The van der Waals surface area contributed by atoms with E-state index in [0.29, 0.717) is 0 Å². The van der Waals surface area contributed by atoms with Crippen LogP contribution in [0.4, 0.5) is 5.82 Å². The van der Waals surface area contributed by atoms with E-state index in [0.717, 1.165) is 30.9 Å². The average molecular weight is 289 g/mol. The molecule has 3 heteroatoms. The first-order chi connectivity index (χ1) is 9.85. The van der Waals surface area contributed by atoms with Gasteiger partial charge >= 0.3 is 0 Å². The standard InChI is InChI=1S/C18H31N3/c1-14(2)9-11-21(16-6-7-16)17-12-15(8-10-19-17)13-20-18(3,4)5/h8,10,12,14,16,20H,6-7,9,11,13H2,1-5H3. The molecule has 0 unspecified atom stereocenters. The molecule has 1 aliphatic carbocycles. The van der Waals surface area contributed by atoms with Crippen LogP contribution < -0.4 is 10.2 Å². The second kappa shape index (κ2) is 6.78. The first kappa shape index (κ1) is 16.3. The molecule has 1 aromatic rings. The Kier molecular flexibility index (Phi) is 5.26. The summed E-state index contributed by atoms with van der Waals surface area (Å²) in [6.07, 6.45) is 5.84. The lowest BCUT2D eigenvalue weighted by molar-refractivity contribution is 0.424. The van der Waals surface area contributed by atoms with Crippen molar-refractivity contribution in [3.8, 4) is 0 Å². The average Bonchev–Trinajstić information content (AvgIpc) is 3.21. The van der Waals surface area contributed by atoms with Gasteiger partial charge in [-0.05, 0) is 63.6 Å². The van der Waals surface area contributed by atoms with Crippen LogP contribution in [0.2, 0.25) is 0 Å². The summed E-state index contributed by atoms with van der Waals surface area (Å²) < 4.78 is 0. The zero-order chi connectivity index (χ0) is 15.5. The predicted octanol–water partition coefficient (Wildman–Crippen LogP) is 3.98. The Morgan fingerprint density at radius 2 is 2.05 bits per heavy atom. The molecule has 0 aliphatic heterocycles.